The van der Waals surface area contributed by atoms with E-state index in [0.717, 1.165) is 18.8 Å². The molecular formula is C16H19N5O4. The molecule has 0 saturated carbocycles. The number of carbonyl (C=O) groups excluding carboxylic acids is 1. The number of rotatable bonds is 6. The number of nitro benzene ring substituents is 1. The summed E-state index contributed by atoms with van der Waals surface area (Å²) < 4.78 is 7.29. The van der Waals surface area contributed by atoms with Gasteiger partial charge in [-0.15, -0.1) is 0 Å². The minimum absolute atomic E-state index is 0.0452. The smallest absolute Gasteiger partial charge is 0.296 e. The van der Waals surface area contributed by atoms with Crippen LogP contribution in [0.1, 0.15) is 12.2 Å². The molecule has 0 saturated heterocycles. The average Bonchev–Trinajstić information content (AvgIpc) is 2.98. The topological polar surface area (TPSA) is 103 Å². The van der Waals surface area contributed by atoms with E-state index in [0.29, 0.717) is 23.7 Å². The SMILES string of the molecule is Cc1nccn1CCCN(C)c1cc2c(cc1[N+](=O)[O-])OCC(=O)N2. The van der Waals surface area contributed by atoms with E-state index in [1.807, 2.05) is 22.6 Å². The molecule has 2 heterocycles. The Balaban J connectivity index is 1.77. The van der Waals surface area contributed by atoms with Crippen LogP contribution < -0.4 is 15.0 Å². The monoisotopic (exact) mass is 345 g/mol. The lowest BCUT2D eigenvalue weighted by Crippen LogP contribution is -2.26. The zero-order chi connectivity index (χ0) is 18.0. The lowest BCUT2D eigenvalue weighted by Gasteiger charge is -2.23. The Kier molecular flexibility index (Phi) is 4.55. The molecule has 1 N–H and O–H groups in total. The van der Waals surface area contributed by atoms with Crippen molar-refractivity contribution < 1.29 is 14.5 Å². The zero-order valence-corrected chi connectivity index (χ0v) is 14.1. The van der Waals surface area contributed by atoms with Crippen molar-refractivity contribution in [1.29, 1.82) is 0 Å². The highest BCUT2D eigenvalue weighted by atomic mass is 16.6. The molecular weight excluding hydrogens is 326 g/mol. The molecule has 1 amide bonds. The maximum absolute atomic E-state index is 11.5. The second-order valence-corrected chi connectivity index (χ2v) is 5.87. The van der Waals surface area contributed by atoms with Crippen molar-refractivity contribution in [2.24, 2.45) is 0 Å². The normalized spacial score (nSPS) is 13.0. The van der Waals surface area contributed by atoms with Crippen molar-refractivity contribution in [3.05, 3.63) is 40.5 Å². The Morgan fingerprint density at radius 3 is 2.96 bits per heavy atom. The third-order valence-corrected chi connectivity index (χ3v) is 4.13. The number of hydrogen-bond acceptors (Lipinski definition) is 6. The molecule has 0 fully saturated rings. The number of hydrogen-bond donors (Lipinski definition) is 1. The molecule has 1 aromatic carbocycles. The van der Waals surface area contributed by atoms with Gasteiger partial charge in [-0.3, -0.25) is 14.9 Å². The maximum Gasteiger partial charge on any atom is 0.296 e. The first-order chi connectivity index (χ1) is 12.0. The largest absolute Gasteiger partial charge is 0.481 e. The van der Waals surface area contributed by atoms with Crippen molar-refractivity contribution in [3.8, 4) is 5.75 Å². The molecule has 0 aliphatic carbocycles. The highest BCUT2D eigenvalue weighted by Gasteiger charge is 2.25. The highest BCUT2D eigenvalue weighted by Crippen LogP contribution is 2.39. The maximum atomic E-state index is 11.5. The summed E-state index contributed by atoms with van der Waals surface area (Å²) in [6.07, 6.45) is 4.45. The van der Waals surface area contributed by atoms with Gasteiger partial charge in [0.2, 0.25) is 0 Å². The molecule has 132 valence electrons. The van der Waals surface area contributed by atoms with Crippen molar-refractivity contribution in [2.75, 3.05) is 30.4 Å². The van der Waals surface area contributed by atoms with Crippen LogP contribution in [0.25, 0.3) is 0 Å². The van der Waals surface area contributed by atoms with E-state index in [4.69, 9.17) is 4.74 Å². The average molecular weight is 345 g/mol. The van der Waals surface area contributed by atoms with Gasteiger partial charge >= 0.3 is 0 Å². The number of nitrogens with one attached hydrogen (secondary N) is 1. The molecule has 9 heteroatoms. The van der Waals surface area contributed by atoms with E-state index < -0.39 is 4.92 Å². The number of fused-ring (bicyclic) bond motifs is 1. The fourth-order valence-corrected chi connectivity index (χ4v) is 2.80. The summed E-state index contributed by atoms with van der Waals surface area (Å²) in [6.45, 7) is 3.19. The molecule has 3 rings (SSSR count). The predicted molar refractivity (Wildman–Crippen MR) is 92.1 cm³/mol. The number of carbonyl (C=O) groups is 1. The van der Waals surface area contributed by atoms with Crippen molar-refractivity contribution >= 4 is 23.0 Å². The Morgan fingerprint density at radius 2 is 2.28 bits per heavy atom. The Labute approximate surface area is 144 Å². The molecule has 1 aliphatic heterocycles. The Bertz CT molecular complexity index is 817. The minimum Gasteiger partial charge on any atom is -0.481 e. The van der Waals surface area contributed by atoms with Crippen LogP contribution in [-0.4, -0.2) is 40.6 Å². The molecule has 9 nitrogen and oxygen atoms in total. The molecule has 1 aromatic heterocycles. The van der Waals surface area contributed by atoms with Gasteiger partial charge in [0.15, 0.2) is 12.4 Å². The van der Waals surface area contributed by atoms with Crippen LogP contribution in [0.15, 0.2) is 24.5 Å². The number of nitrogens with zero attached hydrogens (tertiary/aromatic N) is 4. The zero-order valence-electron chi connectivity index (χ0n) is 14.1. The number of aromatic nitrogens is 2. The van der Waals surface area contributed by atoms with Crippen LogP contribution >= 0.6 is 0 Å². The second-order valence-electron chi connectivity index (χ2n) is 5.87. The first kappa shape index (κ1) is 16.7. The molecule has 1 aliphatic rings. The Morgan fingerprint density at radius 1 is 1.48 bits per heavy atom. The van der Waals surface area contributed by atoms with Gasteiger partial charge in [-0.25, -0.2) is 4.98 Å². The lowest BCUT2D eigenvalue weighted by molar-refractivity contribution is -0.384. The summed E-state index contributed by atoms with van der Waals surface area (Å²) >= 11 is 0. The number of aryl methyl sites for hydroxylation is 2. The van der Waals surface area contributed by atoms with Crippen LogP contribution in [-0.2, 0) is 11.3 Å². The van der Waals surface area contributed by atoms with Crippen molar-refractivity contribution in [3.63, 3.8) is 0 Å². The van der Waals surface area contributed by atoms with Crippen LogP contribution in [0.4, 0.5) is 17.1 Å². The van der Waals surface area contributed by atoms with E-state index in [9.17, 15) is 14.9 Å². The van der Waals surface area contributed by atoms with Crippen molar-refractivity contribution in [2.45, 2.75) is 19.9 Å². The van der Waals surface area contributed by atoms with Crippen LogP contribution in [0, 0.1) is 17.0 Å². The summed E-state index contributed by atoms with van der Waals surface area (Å²) in [4.78, 5) is 28.4. The van der Waals surface area contributed by atoms with Gasteiger partial charge in [-0.2, -0.15) is 0 Å². The van der Waals surface area contributed by atoms with Crippen LogP contribution in [0.2, 0.25) is 0 Å². The number of nitro groups is 1. The first-order valence-corrected chi connectivity index (χ1v) is 7.89. The number of imidazole rings is 1. The fourth-order valence-electron chi connectivity index (χ4n) is 2.80. The van der Waals surface area contributed by atoms with E-state index in [1.165, 1.54) is 6.07 Å². The molecule has 0 bridgehead atoms. The summed E-state index contributed by atoms with van der Waals surface area (Å²) in [5, 5.41) is 14.1. The van der Waals surface area contributed by atoms with Crippen molar-refractivity contribution in [1.82, 2.24) is 9.55 Å². The number of anilines is 2. The summed E-state index contributed by atoms with van der Waals surface area (Å²) in [5.74, 6) is 0.977. The predicted octanol–water partition coefficient (Wildman–Crippen LogP) is 1.96. The fraction of sp³-hybridized carbons (Fsp3) is 0.375. The number of amides is 1. The number of ether oxygens (including phenoxy) is 1. The van der Waals surface area contributed by atoms with E-state index in [2.05, 4.69) is 10.3 Å². The molecule has 25 heavy (non-hydrogen) atoms. The molecule has 0 unspecified atom stereocenters. The Hall–Kier alpha value is -3.10. The molecule has 0 radical (unpaired) electrons. The van der Waals surface area contributed by atoms with Crippen LogP contribution in [0.3, 0.4) is 0 Å². The van der Waals surface area contributed by atoms with E-state index >= 15 is 0 Å². The summed E-state index contributed by atoms with van der Waals surface area (Å²) in [6, 6.07) is 2.95. The molecule has 2 aromatic rings. The van der Waals surface area contributed by atoms with Gasteiger partial charge in [0.25, 0.3) is 11.6 Å². The van der Waals surface area contributed by atoms with E-state index in [1.54, 1.807) is 19.3 Å². The van der Waals surface area contributed by atoms with Gasteiger partial charge in [0, 0.05) is 32.5 Å². The van der Waals surface area contributed by atoms with Gasteiger partial charge in [-0.05, 0) is 19.4 Å². The summed E-state index contributed by atoms with van der Waals surface area (Å²) in [7, 11) is 1.79. The summed E-state index contributed by atoms with van der Waals surface area (Å²) in [5.41, 5.74) is 0.849. The minimum atomic E-state index is -0.439. The third kappa shape index (κ3) is 3.54. The lowest BCUT2D eigenvalue weighted by atomic mass is 10.2. The van der Waals surface area contributed by atoms with E-state index in [-0.39, 0.29) is 18.2 Å². The third-order valence-electron chi connectivity index (χ3n) is 4.13. The van der Waals surface area contributed by atoms with Gasteiger partial charge in [0.1, 0.15) is 11.5 Å². The molecule has 0 spiro atoms. The van der Waals surface area contributed by atoms with Crippen LogP contribution in [0.5, 0.6) is 5.75 Å². The molecule has 0 atom stereocenters. The number of benzene rings is 1. The van der Waals surface area contributed by atoms with Gasteiger partial charge in [0.05, 0.1) is 16.7 Å². The highest BCUT2D eigenvalue weighted by molar-refractivity contribution is 5.96. The van der Waals surface area contributed by atoms with Gasteiger partial charge in [-0.1, -0.05) is 0 Å². The van der Waals surface area contributed by atoms with Gasteiger partial charge < -0.3 is 19.5 Å². The first-order valence-electron chi connectivity index (χ1n) is 7.89. The quantitative estimate of drug-likeness (QED) is 0.634. The second kappa shape index (κ2) is 6.80. The standard InChI is InChI=1S/C16H19N5O4/c1-11-17-4-7-20(11)6-3-5-19(2)13-8-12-15(9-14(13)21(23)24)25-10-16(22)18-12/h4,7-9H,3,5-6,10H2,1-2H3,(H,18,22).